The summed E-state index contributed by atoms with van der Waals surface area (Å²) >= 11 is 0. The van der Waals surface area contributed by atoms with Crippen LogP contribution in [0.1, 0.15) is 33.1 Å². The zero-order chi connectivity index (χ0) is 7.98. The first-order valence-corrected chi connectivity index (χ1v) is 3.59. The van der Waals surface area contributed by atoms with E-state index in [4.69, 9.17) is 5.26 Å². The van der Waals surface area contributed by atoms with E-state index in [0.29, 0.717) is 12.3 Å². The lowest BCUT2D eigenvalue weighted by Gasteiger charge is -1.99. The molecule has 2 nitrogen and oxygen atoms in total. The molecule has 0 aromatic carbocycles. The smallest absolute Gasteiger partial charge is 0.231 e. The second-order valence-corrected chi connectivity index (χ2v) is 2.82. The van der Waals surface area contributed by atoms with Crippen LogP contribution in [0.3, 0.4) is 0 Å². The molecule has 0 rings (SSSR count). The Balaban J connectivity index is 3.22. The molecule has 0 unspecified atom stereocenters. The normalized spacial score (nSPS) is 9.40. The van der Waals surface area contributed by atoms with Crippen molar-refractivity contribution in [3.05, 3.63) is 0 Å². The van der Waals surface area contributed by atoms with Gasteiger partial charge in [-0.1, -0.05) is 20.3 Å². The van der Waals surface area contributed by atoms with Crippen LogP contribution in [0.25, 0.3) is 0 Å². The summed E-state index contributed by atoms with van der Waals surface area (Å²) in [4.78, 5) is 10.4. The van der Waals surface area contributed by atoms with E-state index in [-0.39, 0.29) is 5.78 Å². The zero-order valence-electron chi connectivity index (χ0n) is 6.55. The average Bonchev–Trinajstić information content (AvgIpc) is 1.87. The maximum atomic E-state index is 10.4. The second-order valence-electron chi connectivity index (χ2n) is 2.82. The van der Waals surface area contributed by atoms with Crippen LogP contribution in [0, 0.1) is 17.2 Å². The summed E-state index contributed by atoms with van der Waals surface area (Å²) in [6.45, 7) is 4.22. The van der Waals surface area contributed by atoms with Crippen LogP contribution in [-0.2, 0) is 4.79 Å². The molecule has 0 aliphatic rings. The Bertz CT molecular complexity index is 144. The molecule has 2 heteroatoms. The van der Waals surface area contributed by atoms with Gasteiger partial charge < -0.3 is 0 Å². The van der Waals surface area contributed by atoms with Crippen molar-refractivity contribution in [2.24, 2.45) is 5.92 Å². The number of hydrogen-bond donors (Lipinski definition) is 0. The number of ketones is 1. The van der Waals surface area contributed by atoms with Gasteiger partial charge in [-0.25, -0.2) is 0 Å². The monoisotopic (exact) mass is 139 g/mol. The SMILES string of the molecule is CC(C)CCCC(=O)C#N. The maximum Gasteiger partial charge on any atom is 0.231 e. The van der Waals surface area contributed by atoms with Gasteiger partial charge in [0, 0.05) is 6.42 Å². The first-order valence-electron chi connectivity index (χ1n) is 3.59. The van der Waals surface area contributed by atoms with Crippen molar-refractivity contribution >= 4 is 5.78 Å². The second kappa shape index (κ2) is 4.99. The fraction of sp³-hybridized carbons (Fsp3) is 0.750. The third-order valence-electron chi connectivity index (χ3n) is 1.31. The molecule has 0 saturated carbocycles. The molecule has 56 valence electrons. The van der Waals surface area contributed by atoms with Gasteiger partial charge >= 0.3 is 0 Å². The van der Waals surface area contributed by atoms with Crippen LogP contribution in [0.5, 0.6) is 0 Å². The minimum atomic E-state index is -0.291. The number of carbonyl (C=O) groups excluding carboxylic acids is 1. The van der Waals surface area contributed by atoms with Gasteiger partial charge in [0.2, 0.25) is 5.78 Å². The maximum absolute atomic E-state index is 10.4. The molecule has 0 fully saturated rings. The molecule has 0 radical (unpaired) electrons. The molecule has 0 aliphatic carbocycles. The quantitative estimate of drug-likeness (QED) is 0.558. The summed E-state index contributed by atoms with van der Waals surface area (Å²) in [5, 5.41) is 8.10. The topological polar surface area (TPSA) is 40.9 Å². The minimum Gasteiger partial charge on any atom is -0.283 e. The Kier molecular flexibility index (Phi) is 4.57. The van der Waals surface area contributed by atoms with Crippen LogP contribution in [0.15, 0.2) is 0 Å². The summed E-state index contributed by atoms with van der Waals surface area (Å²) in [7, 11) is 0. The van der Waals surface area contributed by atoms with Crippen molar-refractivity contribution in [1.82, 2.24) is 0 Å². The first-order chi connectivity index (χ1) is 4.66. The Morgan fingerprint density at radius 2 is 2.20 bits per heavy atom. The number of nitrogens with zero attached hydrogens (tertiary/aromatic N) is 1. The van der Waals surface area contributed by atoms with Gasteiger partial charge in [-0.05, 0) is 12.3 Å². The summed E-state index contributed by atoms with van der Waals surface area (Å²) in [6, 6.07) is 1.60. The fourth-order valence-electron chi connectivity index (χ4n) is 0.727. The van der Waals surface area contributed by atoms with Crippen LogP contribution in [0.2, 0.25) is 0 Å². The lowest BCUT2D eigenvalue weighted by atomic mass is 10.1. The van der Waals surface area contributed by atoms with E-state index in [1.165, 1.54) is 0 Å². The van der Waals surface area contributed by atoms with Gasteiger partial charge in [-0.3, -0.25) is 4.79 Å². The van der Waals surface area contributed by atoms with Gasteiger partial charge in [0.1, 0.15) is 6.07 Å². The Morgan fingerprint density at radius 1 is 1.60 bits per heavy atom. The standard InChI is InChI=1S/C8H13NO/c1-7(2)4-3-5-8(10)6-9/h7H,3-5H2,1-2H3. The Morgan fingerprint density at radius 3 is 2.60 bits per heavy atom. The number of nitriles is 1. The van der Waals surface area contributed by atoms with Gasteiger partial charge in [0.25, 0.3) is 0 Å². The van der Waals surface area contributed by atoms with Crippen LogP contribution in [-0.4, -0.2) is 5.78 Å². The third-order valence-corrected chi connectivity index (χ3v) is 1.31. The van der Waals surface area contributed by atoms with E-state index in [1.807, 2.05) is 0 Å². The fourth-order valence-corrected chi connectivity index (χ4v) is 0.727. The van der Waals surface area contributed by atoms with E-state index in [2.05, 4.69) is 13.8 Å². The van der Waals surface area contributed by atoms with Crippen molar-refractivity contribution in [3.8, 4) is 6.07 Å². The van der Waals surface area contributed by atoms with E-state index in [1.54, 1.807) is 6.07 Å². The molecule has 0 N–H and O–H groups in total. The van der Waals surface area contributed by atoms with Crippen molar-refractivity contribution in [2.45, 2.75) is 33.1 Å². The molecule has 0 spiro atoms. The predicted molar refractivity (Wildman–Crippen MR) is 39.3 cm³/mol. The Hall–Kier alpha value is -0.840. The molecule has 0 amide bonds. The Labute approximate surface area is 61.8 Å². The van der Waals surface area contributed by atoms with E-state index in [0.717, 1.165) is 12.8 Å². The number of carbonyl (C=O) groups is 1. The summed E-state index contributed by atoms with van der Waals surface area (Å²) in [5.74, 6) is 0.340. The highest BCUT2D eigenvalue weighted by molar-refractivity contribution is 5.93. The van der Waals surface area contributed by atoms with E-state index < -0.39 is 0 Å². The number of rotatable bonds is 4. The van der Waals surface area contributed by atoms with E-state index >= 15 is 0 Å². The van der Waals surface area contributed by atoms with E-state index in [9.17, 15) is 4.79 Å². The van der Waals surface area contributed by atoms with Crippen LogP contribution >= 0.6 is 0 Å². The highest BCUT2D eigenvalue weighted by atomic mass is 16.1. The molecule has 0 atom stereocenters. The van der Waals surface area contributed by atoms with Gasteiger partial charge in [0.05, 0.1) is 0 Å². The van der Waals surface area contributed by atoms with Crippen LogP contribution in [0.4, 0.5) is 0 Å². The molecule has 0 aliphatic heterocycles. The van der Waals surface area contributed by atoms with Gasteiger partial charge in [-0.2, -0.15) is 5.26 Å². The van der Waals surface area contributed by atoms with Crippen molar-refractivity contribution in [2.75, 3.05) is 0 Å². The van der Waals surface area contributed by atoms with Gasteiger partial charge in [-0.15, -0.1) is 0 Å². The van der Waals surface area contributed by atoms with Crippen molar-refractivity contribution in [1.29, 1.82) is 5.26 Å². The molecule has 0 heterocycles. The summed E-state index contributed by atoms with van der Waals surface area (Å²) in [5.41, 5.74) is 0. The van der Waals surface area contributed by atoms with Gasteiger partial charge in [0.15, 0.2) is 0 Å². The average molecular weight is 139 g/mol. The minimum absolute atomic E-state index is 0.291. The largest absolute Gasteiger partial charge is 0.283 e. The lowest BCUT2D eigenvalue weighted by molar-refractivity contribution is -0.114. The third kappa shape index (κ3) is 5.30. The molecule has 10 heavy (non-hydrogen) atoms. The van der Waals surface area contributed by atoms with Crippen LogP contribution < -0.4 is 0 Å². The molecular weight excluding hydrogens is 126 g/mol. The van der Waals surface area contributed by atoms with Crippen molar-refractivity contribution in [3.63, 3.8) is 0 Å². The number of hydrogen-bond acceptors (Lipinski definition) is 2. The number of Topliss-reactive ketones (excluding diaryl/α,β-unsaturated/α-hetero) is 1. The molecule has 0 saturated heterocycles. The highest BCUT2D eigenvalue weighted by Crippen LogP contribution is 2.05. The lowest BCUT2D eigenvalue weighted by Crippen LogP contribution is -1.94. The molecule has 0 aromatic rings. The highest BCUT2D eigenvalue weighted by Gasteiger charge is 1.99. The van der Waals surface area contributed by atoms with Crippen molar-refractivity contribution < 1.29 is 4.79 Å². The molecular formula is C8H13NO. The zero-order valence-corrected chi connectivity index (χ0v) is 6.55. The first kappa shape index (κ1) is 9.16. The molecule has 0 bridgehead atoms. The predicted octanol–water partition coefficient (Wildman–Crippen LogP) is 1.91. The summed E-state index contributed by atoms with van der Waals surface area (Å²) < 4.78 is 0. The molecule has 0 aromatic heterocycles. The summed E-state index contributed by atoms with van der Waals surface area (Å²) in [6.07, 6.45) is 2.31.